The second-order valence-corrected chi connectivity index (χ2v) is 5.68. The van der Waals surface area contributed by atoms with E-state index in [-0.39, 0.29) is 5.69 Å². The van der Waals surface area contributed by atoms with Crippen molar-refractivity contribution in [3.8, 4) is 0 Å². The van der Waals surface area contributed by atoms with Crippen molar-refractivity contribution in [1.82, 2.24) is 0 Å². The minimum atomic E-state index is -4.86. The van der Waals surface area contributed by atoms with Crippen LogP contribution in [-0.4, -0.2) is 31.8 Å². The summed E-state index contributed by atoms with van der Waals surface area (Å²) >= 11 is 0. The lowest BCUT2D eigenvalue weighted by Crippen LogP contribution is -2.37. The molecule has 0 saturated carbocycles. The zero-order valence-electron chi connectivity index (χ0n) is 10.1. The van der Waals surface area contributed by atoms with Gasteiger partial charge in [0.2, 0.25) is 0 Å². The lowest BCUT2D eigenvalue weighted by molar-refractivity contribution is -0.136. The summed E-state index contributed by atoms with van der Waals surface area (Å²) in [6.45, 7) is 1.22. The Morgan fingerprint density at radius 2 is 1.84 bits per heavy atom. The van der Waals surface area contributed by atoms with Gasteiger partial charge < -0.3 is 5.11 Å². The van der Waals surface area contributed by atoms with E-state index in [0.717, 1.165) is 5.56 Å². The molecule has 1 rings (SSSR count). The molecule has 1 aromatic rings. The van der Waals surface area contributed by atoms with Crippen LogP contribution in [0.4, 0.5) is 14.5 Å². The minimum Gasteiger partial charge on any atom is -0.481 e. The molecule has 0 bridgehead atoms. The molecule has 106 valence electrons. The SMILES string of the molecule is Cc1ccc(N(CCC(=O)O)S(=O)(=O)C(F)F)cc1. The number of carboxylic acids is 1. The number of hydrogen-bond acceptors (Lipinski definition) is 3. The van der Waals surface area contributed by atoms with Gasteiger partial charge in [0, 0.05) is 6.54 Å². The van der Waals surface area contributed by atoms with Crippen LogP contribution in [0.3, 0.4) is 0 Å². The van der Waals surface area contributed by atoms with Crippen LogP contribution in [0.1, 0.15) is 12.0 Å². The molecule has 1 aromatic carbocycles. The maximum Gasteiger partial charge on any atom is 0.355 e. The molecule has 8 heteroatoms. The molecule has 0 radical (unpaired) electrons. The van der Waals surface area contributed by atoms with E-state index in [4.69, 9.17) is 5.11 Å². The normalized spacial score (nSPS) is 11.6. The number of carboxylic acid groups (broad SMARTS) is 1. The molecular weight excluding hydrogens is 280 g/mol. The molecule has 0 heterocycles. The van der Waals surface area contributed by atoms with E-state index in [2.05, 4.69) is 0 Å². The molecule has 19 heavy (non-hydrogen) atoms. The predicted molar refractivity (Wildman–Crippen MR) is 65.7 cm³/mol. The Kier molecular flexibility index (Phi) is 4.82. The van der Waals surface area contributed by atoms with Crippen molar-refractivity contribution in [1.29, 1.82) is 0 Å². The zero-order chi connectivity index (χ0) is 14.6. The van der Waals surface area contributed by atoms with E-state index in [9.17, 15) is 22.0 Å². The Bertz CT molecular complexity index is 542. The summed E-state index contributed by atoms with van der Waals surface area (Å²) in [6, 6.07) is 5.84. The first kappa shape index (κ1) is 15.4. The Morgan fingerprint density at radius 1 is 1.32 bits per heavy atom. The molecule has 0 aliphatic heterocycles. The third-order valence-electron chi connectivity index (χ3n) is 2.38. The smallest absolute Gasteiger partial charge is 0.355 e. The Morgan fingerprint density at radius 3 is 2.26 bits per heavy atom. The molecule has 0 aliphatic carbocycles. The summed E-state index contributed by atoms with van der Waals surface area (Å²) in [5.41, 5.74) is 0.850. The molecule has 0 atom stereocenters. The Labute approximate surface area is 109 Å². The van der Waals surface area contributed by atoms with Crippen LogP contribution >= 0.6 is 0 Å². The highest BCUT2D eigenvalue weighted by Crippen LogP contribution is 2.22. The topological polar surface area (TPSA) is 74.7 Å². The molecule has 0 unspecified atom stereocenters. The van der Waals surface area contributed by atoms with Gasteiger partial charge in [-0.25, -0.2) is 8.42 Å². The van der Waals surface area contributed by atoms with Crippen molar-refractivity contribution in [3.63, 3.8) is 0 Å². The van der Waals surface area contributed by atoms with E-state index in [1.54, 1.807) is 19.1 Å². The predicted octanol–water partition coefficient (Wildman–Crippen LogP) is 1.83. The fourth-order valence-corrected chi connectivity index (χ4v) is 2.36. The molecule has 0 amide bonds. The fraction of sp³-hybridized carbons (Fsp3) is 0.364. The quantitative estimate of drug-likeness (QED) is 0.868. The van der Waals surface area contributed by atoms with Gasteiger partial charge in [0.15, 0.2) is 0 Å². The third kappa shape index (κ3) is 3.88. The van der Waals surface area contributed by atoms with E-state index in [0.29, 0.717) is 4.31 Å². The lowest BCUT2D eigenvalue weighted by atomic mass is 10.2. The summed E-state index contributed by atoms with van der Waals surface area (Å²) < 4.78 is 48.6. The average molecular weight is 293 g/mol. The highest BCUT2D eigenvalue weighted by atomic mass is 32.2. The van der Waals surface area contributed by atoms with Gasteiger partial charge in [-0.2, -0.15) is 8.78 Å². The van der Waals surface area contributed by atoms with Crippen molar-refractivity contribution in [3.05, 3.63) is 29.8 Å². The van der Waals surface area contributed by atoms with Crippen LogP contribution in [0.5, 0.6) is 0 Å². The van der Waals surface area contributed by atoms with Gasteiger partial charge >= 0.3 is 11.7 Å². The number of aliphatic carboxylic acids is 1. The summed E-state index contributed by atoms with van der Waals surface area (Å²) in [5, 5.41) is 8.55. The van der Waals surface area contributed by atoms with Crippen molar-refractivity contribution >= 4 is 21.7 Å². The number of aryl methyl sites for hydroxylation is 1. The zero-order valence-corrected chi connectivity index (χ0v) is 10.9. The van der Waals surface area contributed by atoms with Gasteiger partial charge in [-0.15, -0.1) is 0 Å². The summed E-state index contributed by atoms with van der Waals surface area (Å²) in [7, 11) is -4.86. The Hall–Kier alpha value is -1.70. The number of nitrogens with zero attached hydrogens (tertiary/aromatic N) is 1. The number of anilines is 1. The van der Waals surface area contributed by atoms with Crippen molar-refractivity contribution < 1.29 is 27.1 Å². The molecule has 0 spiro atoms. The molecule has 5 nitrogen and oxygen atoms in total. The van der Waals surface area contributed by atoms with Crippen LogP contribution < -0.4 is 4.31 Å². The highest BCUT2D eigenvalue weighted by molar-refractivity contribution is 7.93. The van der Waals surface area contributed by atoms with Gasteiger partial charge in [0.1, 0.15) is 0 Å². The van der Waals surface area contributed by atoms with E-state index in [1.165, 1.54) is 12.1 Å². The number of rotatable bonds is 6. The lowest BCUT2D eigenvalue weighted by Gasteiger charge is -2.23. The van der Waals surface area contributed by atoms with Crippen LogP contribution in [-0.2, 0) is 14.8 Å². The standard InChI is InChI=1S/C11H13F2NO4S/c1-8-2-4-9(5-3-8)14(7-6-10(15)16)19(17,18)11(12)13/h2-5,11H,6-7H2,1H3,(H,15,16). The Balaban J connectivity index is 3.12. The van der Waals surface area contributed by atoms with Crippen LogP contribution in [0.2, 0.25) is 0 Å². The third-order valence-corrected chi connectivity index (χ3v) is 3.84. The number of sulfonamides is 1. The molecular formula is C11H13F2NO4S. The monoisotopic (exact) mass is 293 g/mol. The van der Waals surface area contributed by atoms with E-state index < -0.39 is 34.7 Å². The van der Waals surface area contributed by atoms with E-state index >= 15 is 0 Å². The van der Waals surface area contributed by atoms with Crippen LogP contribution in [0, 0.1) is 6.92 Å². The first-order valence-electron chi connectivity index (χ1n) is 5.33. The van der Waals surface area contributed by atoms with Gasteiger partial charge in [0.25, 0.3) is 10.0 Å². The van der Waals surface area contributed by atoms with E-state index in [1.807, 2.05) is 0 Å². The van der Waals surface area contributed by atoms with Gasteiger partial charge in [0.05, 0.1) is 12.1 Å². The number of hydrogen-bond donors (Lipinski definition) is 1. The average Bonchev–Trinajstić information content (AvgIpc) is 2.30. The molecule has 0 aliphatic rings. The number of halogens is 2. The van der Waals surface area contributed by atoms with Gasteiger partial charge in [-0.3, -0.25) is 9.10 Å². The molecule has 0 saturated heterocycles. The molecule has 0 fully saturated rings. The number of alkyl halides is 2. The van der Waals surface area contributed by atoms with Crippen LogP contribution in [0.25, 0.3) is 0 Å². The maximum atomic E-state index is 12.6. The molecule has 1 N–H and O–H groups in total. The minimum absolute atomic E-state index is 0.0205. The fourth-order valence-electron chi connectivity index (χ4n) is 1.41. The van der Waals surface area contributed by atoms with Crippen molar-refractivity contribution in [2.24, 2.45) is 0 Å². The first-order valence-corrected chi connectivity index (χ1v) is 6.83. The van der Waals surface area contributed by atoms with Crippen LogP contribution in [0.15, 0.2) is 24.3 Å². The molecule has 0 aromatic heterocycles. The largest absolute Gasteiger partial charge is 0.481 e. The number of benzene rings is 1. The highest BCUT2D eigenvalue weighted by Gasteiger charge is 2.32. The second-order valence-electron chi connectivity index (χ2n) is 3.86. The maximum absolute atomic E-state index is 12.6. The first-order chi connectivity index (χ1) is 8.75. The van der Waals surface area contributed by atoms with Gasteiger partial charge in [-0.05, 0) is 19.1 Å². The summed E-state index contributed by atoms with van der Waals surface area (Å²) in [4.78, 5) is 10.5. The second kappa shape index (κ2) is 5.96. The van der Waals surface area contributed by atoms with Crippen molar-refractivity contribution in [2.75, 3.05) is 10.8 Å². The number of carbonyl (C=O) groups is 1. The van der Waals surface area contributed by atoms with Crippen molar-refractivity contribution in [2.45, 2.75) is 19.1 Å². The summed E-state index contributed by atoms with van der Waals surface area (Å²) in [6.07, 6.45) is -0.556. The summed E-state index contributed by atoms with van der Waals surface area (Å²) in [5.74, 6) is -4.86. The van der Waals surface area contributed by atoms with Gasteiger partial charge in [-0.1, -0.05) is 17.7 Å².